The standard InChI is InChI=1S/C14H23NOS/c1-16-11-14-9-8-13(17-14)10-15-12-6-4-2-3-5-7-12/h8-9,12,15H,2-7,10-11H2,1H3. The molecule has 0 saturated heterocycles. The summed E-state index contributed by atoms with van der Waals surface area (Å²) in [4.78, 5) is 2.76. The van der Waals surface area contributed by atoms with Gasteiger partial charge in [0.15, 0.2) is 0 Å². The van der Waals surface area contributed by atoms with Crippen LogP contribution in [0.4, 0.5) is 0 Å². The SMILES string of the molecule is COCc1ccc(CNC2CCCCCC2)s1. The van der Waals surface area contributed by atoms with Crippen LogP contribution in [-0.2, 0) is 17.9 Å². The Morgan fingerprint density at radius 1 is 1.18 bits per heavy atom. The number of rotatable bonds is 5. The van der Waals surface area contributed by atoms with Gasteiger partial charge in [-0.3, -0.25) is 0 Å². The molecular weight excluding hydrogens is 230 g/mol. The zero-order valence-corrected chi connectivity index (χ0v) is 11.5. The topological polar surface area (TPSA) is 21.3 Å². The van der Waals surface area contributed by atoms with Gasteiger partial charge in [-0.2, -0.15) is 0 Å². The second-order valence-corrected chi connectivity index (χ2v) is 6.12. The average Bonchev–Trinajstić information content (AvgIpc) is 2.63. The normalized spacial score (nSPS) is 18.2. The van der Waals surface area contributed by atoms with E-state index >= 15 is 0 Å². The molecule has 1 aliphatic rings. The van der Waals surface area contributed by atoms with E-state index < -0.39 is 0 Å². The molecule has 0 aliphatic heterocycles. The van der Waals surface area contributed by atoms with Crippen LogP contribution in [-0.4, -0.2) is 13.2 Å². The molecule has 0 bridgehead atoms. The summed E-state index contributed by atoms with van der Waals surface area (Å²) in [6.45, 7) is 1.77. The van der Waals surface area contributed by atoms with Crippen LogP contribution < -0.4 is 5.32 Å². The fourth-order valence-electron chi connectivity index (χ4n) is 2.47. The van der Waals surface area contributed by atoms with Gasteiger partial charge in [-0.25, -0.2) is 0 Å². The molecule has 1 saturated carbocycles. The Hall–Kier alpha value is -0.380. The van der Waals surface area contributed by atoms with E-state index in [2.05, 4.69) is 17.4 Å². The summed E-state index contributed by atoms with van der Waals surface area (Å²) in [5.41, 5.74) is 0. The summed E-state index contributed by atoms with van der Waals surface area (Å²) < 4.78 is 5.14. The Bertz CT molecular complexity index is 316. The predicted molar refractivity (Wildman–Crippen MR) is 73.4 cm³/mol. The molecule has 1 aromatic heterocycles. The minimum Gasteiger partial charge on any atom is -0.379 e. The summed E-state index contributed by atoms with van der Waals surface area (Å²) >= 11 is 1.86. The highest BCUT2D eigenvalue weighted by molar-refractivity contribution is 7.11. The van der Waals surface area contributed by atoms with Gasteiger partial charge in [0, 0.05) is 29.5 Å². The maximum Gasteiger partial charge on any atom is 0.0805 e. The Morgan fingerprint density at radius 2 is 1.88 bits per heavy atom. The molecular formula is C14H23NOS. The molecule has 0 aromatic carbocycles. The van der Waals surface area contributed by atoms with Gasteiger partial charge in [0.2, 0.25) is 0 Å². The van der Waals surface area contributed by atoms with Gasteiger partial charge >= 0.3 is 0 Å². The van der Waals surface area contributed by atoms with E-state index in [9.17, 15) is 0 Å². The lowest BCUT2D eigenvalue weighted by Crippen LogP contribution is -2.27. The van der Waals surface area contributed by atoms with E-state index in [4.69, 9.17) is 4.74 Å². The maximum absolute atomic E-state index is 5.14. The smallest absolute Gasteiger partial charge is 0.0805 e. The molecule has 1 aromatic rings. The summed E-state index contributed by atoms with van der Waals surface area (Å²) in [5.74, 6) is 0. The summed E-state index contributed by atoms with van der Waals surface area (Å²) in [6, 6.07) is 5.14. The highest BCUT2D eigenvalue weighted by Gasteiger charge is 2.11. The molecule has 0 atom stereocenters. The van der Waals surface area contributed by atoms with Crippen molar-refractivity contribution in [2.45, 2.75) is 57.7 Å². The van der Waals surface area contributed by atoms with E-state index in [1.165, 1.54) is 48.3 Å². The number of hydrogen-bond donors (Lipinski definition) is 1. The lowest BCUT2D eigenvalue weighted by molar-refractivity contribution is 0.187. The number of hydrogen-bond acceptors (Lipinski definition) is 3. The average molecular weight is 253 g/mol. The van der Waals surface area contributed by atoms with Crippen LogP contribution in [0, 0.1) is 0 Å². The van der Waals surface area contributed by atoms with Crippen molar-refractivity contribution in [3.63, 3.8) is 0 Å². The molecule has 0 unspecified atom stereocenters. The molecule has 2 rings (SSSR count). The lowest BCUT2D eigenvalue weighted by Gasteiger charge is -2.15. The first-order valence-corrected chi connectivity index (χ1v) is 7.50. The summed E-state index contributed by atoms with van der Waals surface area (Å²) in [7, 11) is 1.75. The highest BCUT2D eigenvalue weighted by atomic mass is 32.1. The monoisotopic (exact) mass is 253 g/mol. The lowest BCUT2D eigenvalue weighted by atomic mass is 10.1. The van der Waals surface area contributed by atoms with E-state index in [1.807, 2.05) is 11.3 Å². The number of methoxy groups -OCH3 is 1. The third kappa shape index (κ3) is 4.41. The molecule has 3 heteroatoms. The van der Waals surface area contributed by atoms with Gasteiger partial charge in [0.1, 0.15) is 0 Å². The van der Waals surface area contributed by atoms with Crippen molar-refractivity contribution in [3.8, 4) is 0 Å². The Morgan fingerprint density at radius 3 is 2.59 bits per heavy atom. The summed E-state index contributed by atoms with van der Waals surface area (Å²) in [6.07, 6.45) is 8.37. The van der Waals surface area contributed by atoms with Gasteiger partial charge in [0.25, 0.3) is 0 Å². The fraction of sp³-hybridized carbons (Fsp3) is 0.714. The van der Waals surface area contributed by atoms with Crippen molar-refractivity contribution in [2.24, 2.45) is 0 Å². The molecule has 1 fully saturated rings. The minimum absolute atomic E-state index is 0.741. The number of ether oxygens (including phenoxy) is 1. The van der Waals surface area contributed by atoms with Gasteiger partial charge in [-0.15, -0.1) is 11.3 Å². The van der Waals surface area contributed by atoms with E-state index in [-0.39, 0.29) is 0 Å². The minimum atomic E-state index is 0.741. The Kier molecular flexibility index (Phi) is 5.49. The first-order valence-electron chi connectivity index (χ1n) is 6.68. The van der Waals surface area contributed by atoms with Crippen LogP contribution in [0.1, 0.15) is 48.3 Å². The molecule has 0 amide bonds. The first-order chi connectivity index (χ1) is 8.38. The van der Waals surface area contributed by atoms with E-state index in [0.717, 1.165) is 19.2 Å². The van der Waals surface area contributed by atoms with Crippen LogP contribution in [0.5, 0.6) is 0 Å². The molecule has 0 radical (unpaired) electrons. The maximum atomic E-state index is 5.14. The fourth-order valence-corrected chi connectivity index (χ4v) is 3.41. The molecule has 96 valence electrons. The van der Waals surface area contributed by atoms with Crippen LogP contribution in [0.2, 0.25) is 0 Å². The van der Waals surface area contributed by atoms with Gasteiger partial charge in [-0.1, -0.05) is 25.7 Å². The third-order valence-corrected chi connectivity index (χ3v) is 4.48. The number of nitrogens with one attached hydrogen (secondary N) is 1. The molecule has 1 N–H and O–H groups in total. The van der Waals surface area contributed by atoms with Crippen molar-refractivity contribution < 1.29 is 4.74 Å². The van der Waals surface area contributed by atoms with Crippen molar-refractivity contribution in [1.82, 2.24) is 5.32 Å². The largest absolute Gasteiger partial charge is 0.379 e. The van der Waals surface area contributed by atoms with Gasteiger partial charge < -0.3 is 10.1 Å². The van der Waals surface area contributed by atoms with Crippen molar-refractivity contribution in [2.75, 3.05) is 7.11 Å². The second kappa shape index (κ2) is 7.14. The molecule has 1 heterocycles. The quantitative estimate of drug-likeness (QED) is 0.808. The third-order valence-electron chi connectivity index (χ3n) is 3.42. The van der Waals surface area contributed by atoms with Crippen LogP contribution in [0.25, 0.3) is 0 Å². The van der Waals surface area contributed by atoms with E-state index in [1.54, 1.807) is 7.11 Å². The molecule has 2 nitrogen and oxygen atoms in total. The Balaban J connectivity index is 1.75. The first kappa shape index (κ1) is 13.1. The van der Waals surface area contributed by atoms with Gasteiger partial charge in [0.05, 0.1) is 6.61 Å². The highest BCUT2D eigenvalue weighted by Crippen LogP contribution is 2.20. The van der Waals surface area contributed by atoms with Crippen LogP contribution in [0.15, 0.2) is 12.1 Å². The van der Waals surface area contributed by atoms with Gasteiger partial charge in [-0.05, 0) is 25.0 Å². The Labute approximate surface area is 108 Å². The number of thiophene rings is 1. The zero-order valence-electron chi connectivity index (χ0n) is 10.7. The van der Waals surface area contributed by atoms with E-state index in [0.29, 0.717) is 0 Å². The van der Waals surface area contributed by atoms with Crippen LogP contribution >= 0.6 is 11.3 Å². The molecule has 0 spiro atoms. The zero-order chi connectivity index (χ0) is 11.9. The van der Waals surface area contributed by atoms with Crippen LogP contribution in [0.3, 0.4) is 0 Å². The van der Waals surface area contributed by atoms with Crippen molar-refractivity contribution >= 4 is 11.3 Å². The molecule has 17 heavy (non-hydrogen) atoms. The summed E-state index contributed by atoms with van der Waals surface area (Å²) in [5, 5.41) is 3.70. The van der Waals surface area contributed by atoms with Crippen molar-refractivity contribution in [1.29, 1.82) is 0 Å². The second-order valence-electron chi connectivity index (χ2n) is 4.87. The predicted octanol–water partition coefficient (Wildman–Crippen LogP) is 3.71. The van der Waals surface area contributed by atoms with Crippen molar-refractivity contribution in [3.05, 3.63) is 21.9 Å². The molecule has 1 aliphatic carbocycles.